The number of amides is 2. The Hall–Kier alpha value is -3.44. The maximum Gasteiger partial charge on any atom is 0.274 e. The third-order valence-electron chi connectivity index (χ3n) is 4.58. The molecule has 3 rings (SSSR count). The van der Waals surface area contributed by atoms with Crippen LogP contribution in [0.1, 0.15) is 18.3 Å². The zero-order chi connectivity index (χ0) is 24.0. The Balaban J connectivity index is 1.59. The Morgan fingerprint density at radius 1 is 1.09 bits per heavy atom. The predicted octanol–water partition coefficient (Wildman–Crippen LogP) is 4.08. The first-order valence-electron chi connectivity index (χ1n) is 9.92. The zero-order valence-corrected chi connectivity index (χ0v) is 19.4. The molecule has 0 aliphatic rings. The van der Waals surface area contributed by atoms with Gasteiger partial charge in [-0.2, -0.15) is 0 Å². The number of aryl methyl sites for hydroxylation is 1. The number of hydrogen-bond donors (Lipinski definition) is 2. The molecule has 0 saturated heterocycles. The van der Waals surface area contributed by atoms with Crippen LogP contribution in [0.25, 0.3) is 0 Å². The Morgan fingerprint density at radius 2 is 1.76 bits per heavy atom. The second-order valence-electron chi connectivity index (χ2n) is 6.97. The molecule has 2 aromatic carbocycles. The number of nitro groups is 1. The van der Waals surface area contributed by atoms with Gasteiger partial charge in [0.15, 0.2) is 5.16 Å². The van der Waals surface area contributed by atoms with Gasteiger partial charge in [-0.05, 0) is 44.2 Å². The van der Waals surface area contributed by atoms with Gasteiger partial charge in [0, 0.05) is 34.6 Å². The molecule has 0 saturated carbocycles. The van der Waals surface area contributed by atoms with Crippen LogP contribution in [0.15, 0.2) is 47.6 Å². The SMILES string of the molecule is CCn1c(CC(=O)Nc2ccc(Cl)cc2)nnc1SCC(=O)Nc1ccc(C)c([N+](=O)[O-])c1. The normalized spacial score (nSPS) is 10.6. The zero-order valence-electron chi connectivity index (χ0n) is 17.9. The van der Waals surface area contributed by atoms with Crippen LogP contribution in [-0.4, -0.2) is 37.3 Å². The summed E-state index contributed by atoms with van der Waals surface area (Å²) in [4.78, 5) is 35.3. The summed E-state index contributed by atoms with van der Waals surface area (Å²) in [6, 6.07) is 11.3. The highest BCUT2D eigenvalue weighted by atomic mass is 35.5. The predicted molar refractivity (Wildman–Crippen MR) is 127 cm³/mol. The van der Waals surface area contributed by atoms with Gasteiger partial charge < -0.3 is 15.2 Å². The van der Waals surface area contributed by atoms with Crippen molar-refractivity contribution in [3.63, 3.8) is 0 Å². The lowest BCUT2D eigenvalue weighted by molar-refractivity contribution is -0.385. The molecule has 1 heterocycles. The van der Waals surface area contributed by atoms with E-state index in [0.717, 1.165) is 11.8 Å². The molecule has 0 spiro atoms. The molecule has 0 aliphatic carbocycles. The van der Waals surface area contributed by atoms with Crippen molar-refractivity contribution >= 4 is 52.2 Å². The highest BCUT2D eigenvalue weighted by molar-refractivity contribution is 7.99. The molecule has 2 N–H and O–H groups in total. The molecule has 0 fully saturated rings. The number of anilines is 2. The molecule has 0 radical (unpaired) electrons. The van der Waals surface area contributed by atoms with Gasteiger partial charge in [-0.15, -0.1) is 10.2 Å². The van der Waals surface area contributed by atoms with Crippen LogP contribution in [0, 0.1) is 17.0 Å². The number of halogens is 1. The van der Waals surface area contributed by atoms with Crippen LogP contribution >= 0.6 is 23.4 Å². The van der Waals surface area contributed by atoms with Crippen LogP contribution in [-0.2, 0) is 22.6 Å². The lowest BCUT2D eigenvalue weighted by Gasteiger charge is -2.09. The van der Waals surface area contributed by atoms with E-state index < -0.39 is 4.92 Å². The standard InChI is InChI=1S/C21H21ClN6O4S/c1-3-27-18(11-19(29)23-15-8-5-14(22)6-9-15)25-26-21(27)33-12-20(30)24-16-7-4-13(2)17(10-16)28(31)32/h4-10H,3,11-12H2,1-2H3,(H,23,29)(H,24,30). The van der Waals surface area contributed by atoms with E-state index in [-0.39, 0.29) is 29.7 Å². The fourth-order valence-electron chi connectivity index (χ4n) is 2.97. The number of carbonyl (C=O) groups is 2. The van der Waals surface area contributed by atoms with Gasteiger partial charge >= 0.3 is 0 Å². The van der Waals surface area contributed by atoms with E-state index in [4.69, 9.17) is 11.6 Å². The average molecular weight is 489 g/mol. The molecule has 0 bridgehead atoms. The Morgan fingerprint density at radius 3 is 2.42 bits per heavy atom. The summed E-state index contributed by atoms with van der Waals surface area (Å²) < 4.78 is 1.76. The first kappa shape index (κ1) is 24.2. The van der Waals surface area contributed by atoms with Crippen LogP contribution in [0.5, 0.6) is 0 Å². The third-order valence-corrected chi connectivity index (χ3v) is 5.80. The smallest absolute Gasteiger partial charge is 0.274 e. The summed E-state index contributed by atoms with van der Waals surface area (Å²) in [5.41, 5.74) is 1.41. The highest BCUT2D eigenvalue weighted by Crippen LogP contribution is 2.23. The molecule has 3 aromatic rings. The van der Waals surface area contributed by atoms with E-state index in [1.807, 2.05) is 6.92 Å². The second kappa shape index (κ2) is 10.9. The van der Waals surface area contributed by atoms with Crippen molar-refractivity contribution in [3.8, 4) is 0 Å². The summed E-state index contributed by atoms with van der Waals surface area (Å²) in [5, 5.41) is 25.8. The van der Waals surface area contributed by atoms with Crippen LogP contribution in [0.3, 0.4) is 0 Å². The maximum atomic E-state index is 12.4. The van der Waals surface area contributed by atoms with Gasteiger partial charge in [0.25, 0.3) is 5.69 Å². The van der Waals surface area contributed by atoms with E-state index in [1.165, 1.54) is 6.07 Å². The fraction of sp³-hybridized carbons (Fsp3) is 0.238. The van der Waals surface area contributed by atoms with Crippen molar-refractivity contribution in [2.45, 2.75) is 32.0 Å². The van der Waals surface area contributed by atoms with Gasteiger partial charge in [0.05, 0.1) is 17.1 Å². The molecule has 12 heteroatoms. The monoisotopic (exact) mass is 488 g/mol. The van der Waals surface area contributed by atoms with Crippen molar-refractivity contribution in [2.75, 3.05) is 16.4 Å². The van der Waals surface area contributed by atoms with E-state index in [2.05, 4.69) is 20.8 Å². The minimum atomic E-state index is -0.492. The van der Waals surface area contributed by atoms with Crippen LogP contribution < -0.4 is 10.6 Å². The number of rotatable bonds is 9. The van der Waals surface area contributed by atoms with E-state index >= 15 is 0 Å². The van der Waals surface area contributed by atoms with Gasteiger partial charge in [-0.3, -0.25) is 19.7 Å². The topological polar surface area (TPSA) is 132 Å². The molecule has 172 valence electrons. The largest absolute Gasteiger partial charge is 0.326 e. The van der Waals surface area contributed by atoms with Crippen molar-refractivity contribution in [1.29, 1.82) is 0 Å². The van der Waals surface area contributed by atoms with Crippen molar-refractivity contribution in [3.05, 3.63) is 69.0 Å². The number of benzene rings is 2. The van der Waals surface area contributed by atoms with E-state index in [0.29, 0.717) is 39.5 Å². The number of nitrogens with zero attached hydrogens (tertiary/aromatic N) is 4. The lowest BCUT2D eigenvalue weighted by Crippen LogP contribution is -2.18. The van der Waals surface area contributed by atoms with Gasteiger partial charge in [0.1, 0.15) is 5.82 Å². The van der Waals surface area contributed by atoms with E-state index in [1.54, 1.807) is 47.9 Å². The molecule has 1 aromatic heterocycles. The molecule has 0 atom stereocenters. The van der Waals surface area contributed by atoms with Crippen LogP contribution in [0.4, 0.5) is 17.1 Å². The number of aromatic nitrogens is 3. The Bertz CT molecular complexity index is 1180. The van der Waals surface area contributed by atoms with Gasteiger partial charge in [-0.1, -0.05) is 29.4 Å². The molecule has 0 unspecified atom stereocenters. The third kappa shape index (κ3) is 6.53. The summed E-state index contributed by atoms with van der Waals surface area (Å²) in [5.74, 6) is -0.0990. The van der Waals surface area contributed by atoms with Crippen molar-refractivity contribution < 1.29 is 14.5 Å². The first-order valence-corrected chi connectivity index (χ1v) is 11.3. The van der Waals surface area contributed by atoms with Crippen molar-refractivity contribution in [2.24, 2.45) is 0 Å². The quantitative estimate of drug-likeness (QED) is 0.263. The summed E-state index contributed by atoms with van der Waals surface area (Å²) in [6.07, 6.45) is 0.0171. The number of nitro benzene ring substituents is 1. The minimum absolute atomic E-state index is 0.0171. The lowest BCUT2D eigenvalue weighted by atomic mass is 10.2. The van der Waals surface area contributed by atoms with Crippen molar-refractivity contribution in [1.82, 2.24) is 14.8 Å². The second-order valence-corrected chi connectivity index (χ2v) is 8.35. The summed E-state index contributed by atoms with van der Waals surface area (Å²) >= 11 is 7.01. The fourth-order valence-corrected chi connectivity index (χ4v) is 3.91. The minimum Gasteiger partial charge on any atom is -0.326 e. The molecular formula is C21H21ClN6O4S. The van der Waals surface area contributed by atoms with Gasteiger partial charge in [-0.25, -0.2) is 0 Å². The van der Waals surface area contributed by atoms with E-state index in [9.17, 15) is 19.7 Å². The molecule has 10 nitrogen and oxygen atoms in total. The number of thioether (sulfide) groups is 1. The number of carbonyl (C=O) groups excluding carboxylic acids is 2. The number of hydrogen-bond acceptors (Lipinski definition) is 7. The average Bonchev–Trinajstić information content (AvgIpc) is 3.16. The summed E-state index contributed by atoms with van der Waals surface area (Å²) in [6.45, 7) is 4.04. The first-order chi connectivity index (χ1) is 15.8. The summed E-state index contributed by atoms with van der Waals surface area (Å²) in [7, 11) is 0. The highest BCUT2D eigenvalue weighted by Gasteiger charge is 2.17. The Kier molecular flexibility index (Phi) is 8.01. The maximum absolute atomic E-state index is 12.4. The van der Waals surface area contributed by atoms with Gasteiger partial charge in [0.2, 0.25) is 11.8 Å². The molecule has 2 amide bonds. The van der Waals surface area contributed by atoms with Crippen LogP contribution in [0.2, 0.25) is 5.02 Å². The molecule has 0 aliphatic heterocycles. The molecular weight excluding hydrogens is 468 g/mol. The Labute approximate surface area is 198 Å². The number of nitrogens with one attached hydrogen (secondary N) is 2. The molecule has 33 heavy (non-hydrogen) atoms.